The van der Waals surface area contributed by atoms with Crippen molar-refractivity contribution < 1.29 is 49.1 Å². The van der Waals surface area contributed by atoms with Gasteiger partial charge in [-0.3, -0.25) is 19.2 Å². The first-order chi connectivity index (χ1) is 16.2. The normalized spacial score (nSPS) is 12.4. The van der Waals surface area contributed by atoms with Gasteiger partial charge < -0.3 is 29.9 Å². The summed E-state index contributed by atoms with van der Waals surface area (Å²) in [6.07, 6.45) is 0.355. The molecule has 0 heterocycles. The third-order valence-electron chi connectivity index (χ3n) is 4.99. The second kappa shape index (κ2) is 12.8. The molecule has 0 spiro atoms. The zero-order chi connectivity index (χ0) is 25.1. The molecule has 0 unspecified atom stereocenters. The predicted molar refractivity (Wildman–Crippen MR) is 118 cm³/mol. The molecule has 2 aromatic rings. The molecule has 34 heavy (non-hydrogen) atoms. The molecule has 182 valence electrons. The SMILES string of the molecule is O=C(O)C[C@@H](C(=O)O)c1ccc(OCCCCOc2ccc([C@@H](CC(=O)O)C(=O)O)cc2)cc1. The van der Waals surface area contributed by atoms with Gasteiger partial charge in [-0.25, -0.2) is 0 Å². The second-order valence-corrected chi connectivity index (χ2v) is 7.52. The topological polar surface area (TPSA) is 168 Å². The van der Waals surface area contributed by atoms with Crippen molar-refractivity contribution in [2.24, 2.45) is 0 Å². The Morgan fingerprint density at radius 1 is 0.588 bits per heavy atom. The van der Waals surface area contributed by atoms with Crippen molar-refractivity contribution in [1.29, 1.82) is 0 Å². The number of ether oxygens (including phenoxy) is 2. The van der Waals surface area contributed by atoms with Crippen LogP contribution in [0.5, 0.6) is 11.5 Å². The van der Waals surface area contributed by atoms with Gasteiger partial charge in [-0.15, -0.1) is 0 Å². The maximum atomic E-state index is 11.3. The minimum atomic E-state index is -1.20. The van der Waals surface area contributed by atoms with Crippen LogP contribution in [0.3, 0.4) is 0 Å². The van der Waals surface area contributed by atoms with Crippen molar-refractivity contribution in [3.63, 3.8) is 0 Å². The highest BCUT2D eigenvalue weighted by molar-refractivity contribution is 5.83. The van der Waals surface area contributed by atoms with Crippen LogP contribution in [-0.4, -0.2) is 57.5 Å². The maximum absolute atomic E-state index is 11.3. The zero-order valence-electron chi connectivity index (χ0n) is 18.3. The monoisotopic (exact) mass is 474 g/mol. The summed E-state index contributed by atoms with van der Waals surface area (Å²) < 4.78 is 11.2. The molecular formula is C24H26O10. The molecule has 0 aliphatic carbocycles. The van der Waals surface area contributed by atoms with Crippen LogP contribution in [0.1, 0.15) is 48.6 Å². The first-order valence-corrected chi connectivity index (χ1v) is 10.5. The van der Waals surface area contributed by atoms with Crippen molar-refractivity contribution in [2.75, 3.05) is 13.2 Å². The van der Waals surface area contributed by atoms with Crippen molar-refractivity contribution >= 4 is 23.9 Å². The Hall–Kier alpha value is -4.08. The minimum Gasteiger partial charge on any atom is -0.494 e. The molecule has 2 aromatic carbocycles. The van der Waals surface area contributed by atoms with E-state index in [4.69, 9.17) is 19.7 Å². The van der Waals surface area contributed by atoms with E-state index in [1.54, 1.807) is 24.3 Å². The Labute approximate surface area is 195 Å². The highest BCUT2D eigenvalue weighted by Crippen LogP contribution is 2.24. The highest BCUT2D eigenvalue weighted by Gasteiger charge is 2.24. The molecule has 0 aliphatic heterocycles. The van der Waals surface area contributed by atoms with E-state index in [0.29, 0.717) is 48.7 Å². The number of rotatable bonds is 15. The van der Waals surface area contributed by atoms with Crippen LogP contribution >= 0.6 is 0 Å². The van der Waals surface area contributed by atoms with E-state index in [1.807, 2.05) is 0 Å². The Morgan fingerprint density at radius 2 is 0.912 bits per heavy atom. The molecule has 0 fully saturated rings. The van der Waals surface area contributed by atoms with Gasteiger partial charge >= 0.3 is 23.9 Å². The van der Waals surface area contributed by atoms with Crippen molar-refractivity contribution in [3.05, 3.63) is 59.7 Å². The van der Waals surface area contributed by atoms with Gasteiger partial charge in [0.15, 0.2) is 0 Å². The van der Waals surface area contributed by atoms with Gasteiger partial charge in [-0.2, -0.15) is 0 Å². The number of carbonyl (C=O) groups is 4. The van der Waals surface area contributed by atoms with Gasteiger partial charge in [-0.1, -0.05) is 24.3 Å². The fraction of sp³-hybridized carbons (Fsp3) is 0.333. The van der Waals surface area contributed by atoms with Crippen molar-refractivity contribution in [1.82, 2.24) is 0 Å². The summed E-state index contributed by atoms with van der Waals surface area (Å²) in [7, 11) is 0. The van der Waals surface area contributed by atoms with Crippen LogP contribution < -0.4 is 9.47 Å². The van der Waals surface area contributed by atoms with Crippen LogP contribution in [0.25, 0.3) is 0 Å². The number of aliphatic carboxylic acids is 4. The van der Waals surface area contributed by atoms with Crippen molar-refractivity contribution in [3.8, 4) is 11.5 Å². The van der Waals surface area contributed by atoms with Gasteiger partial charge in [0.2, 0.25) is 0 Å². The lowest BCUT2D eigenvalue weighted by molar-refractivity contribution is -0.145. The van der Waals surface area contributed by atoms with E-state index >= 15 is 0 Å². The standard InChI is InChI=1S/C24H26O10/c25-21(26)13-19(23(29)30)15-3-7-17(8-4-15)33-11-1-2-12-34-18-9-5-16(6-10-18)20(24(31)32)14-22(27)28/h3-10,19-20H,1-2,11-14H2,(H,25,26)(H,27,28)(H,29,30)(H,31,32)/t19-,20-/m1/s1. The first-order valence-electron chi connectivity index (χ1n) is 10.5. The fourth-order valence-electron chi connectivity index (χ4n) is 3.22. The Balaban J connectivity index is 1.73. The lowest BCUT2D eigenvalue weighted by Crippen LogP contribution is -2.15. The average Bonchev–Trinajstić information content (AvgIpc) is 2.78. The molecule has 2 rings (SSSR count). The molecule has 0 saturated carbocycles. The molecule has 10 nitrogen and oxygen atoms in total. The van der Waals surface area contributed by atoms with E-state index in [1.165, 1.54) is 24.3 Å². The van der Waals surface area contributed by atoms with Crippen molar-refractivity contribution in [2.45, 2.75) is 37.5 Å². The molecule has 0 radical (unpaired) electrons. The Morgan fingerprint density at radius 3 is 1.18 bits per heavy atom. The Kier molecular flexibility index (Phi) is 9.88. The highest BCUT2D eigenvalue weighted by atomic mass is 16.5. The molecule has 10 heteroatoms. The van der Waals surface area contributed by atoms with Crippen LogP contribution in [-0.2, 0) is 19.2 Å². The second-order valence-electron chi connectivity index (χ2n) is 7.52. The lowest BCUT2D eigenvalue weighted by Gasteiger charge is -2.12. The molecule has 0 saturated heterocycles. The number of unbranched alkanes of at least 4 members (excludes halogenated alkanes) is 1. The van der Waals surface area contributed by atoms with Crippen LogP contribution in [0.15, 0.2) is 48.5 Å². The van der Waals surface area contributed by atoms with Crippen LogP contribution in [0.4, 0.5) is 0 Å². The summed E-state index contributed by atoms with van der Waals surface area (Å²) in [6.45, 7) is 0.795. The lowest BCUT2D eigenvalue weighted by atomic mass is 9.96. The van der Waals surface area contributed by atoms with Gasteiger partial charge in [0.25, 0.3) is 0 Å². The van der Waals surface area contributed by atoms with Gasteiger partial charge in [-0.05, 0) is 48.2 Å². The van der Waals surface area contributed by atoms with Gasteiger partial charge in [0, 0.05) is 0 Å². The Bertz CT molecular complexity index is 900. The molecule has 0 aromatic heterocycles. The maximum Gasteiger partial charge on any atom is 0.311 e. The summed E-state index contributed by atoms with van der Waals surface area (Å²) in [5, 5.41) is 36.1. The third-order valence-corrected chi connectivity index (χ3v) is 4.99. The molecule has 2 atom stereocenters. The molecular weight excluding hydrogens is 448 g/mol. The molecule has 0 aliphatic rings. The average molecular weight is 474 g/mol. The van der Waals surface area contributed by atoms with E-state index in [2.05, 4.69) is 0 Å². The number of hydrogen-bond acceptors (Lipinski definition) is 6. The van der Waals surface area contributed by atoms with Gasteiger partial charge in [0.05, 0.1) is 37.9 Å². The summed E-state index contributed by atoms with van der Waals surface area (Å²) in [4.78, 5) is 44.2. The number of carboxylic acid groups (broad SMARTS) is 4. The number of benzene rings is 2. The number of hydrogen-bond donors (Lipinski definition) is 4. The summed E-state index contributed by atoms with van der Waals surface area (Å²) in [5.41, 5.74) is 0.776. The largest absolute Gasteiger partial charge is 0.494 e. The first kappa shape index (κ1) is 26.2. The fourth-order valence-corrected chi connectivity index (χ4v) is 3.22. The zero-order valence-corrected chi connectivity index (χ0v) is 18.3. The van der Waals surface area contributed by atoms with E-state index in [0.717, 1.165) is 0 Å². The molecule has 4 N–H and O–H groups in total. The number of carboxylic acids is 4. The van der Waals surface area contributed by atoms with E-state index < -0.39 is 48.6 Å². The quantitative estimate of drug-likeness (QED) is 0.281. The summed E-state index contributed by atoms with van der Waals surface area (Å²) in [6, 6.07) is 12.5. The predicted octanol–water partition coefficient (Wildman–Crippen LogP) is 3.21. The molecule has 0 bridgehead atoms. The smallest absolute Gasteiger partial charge is 0.311 e. The van der Waals surface area contributed by atoms with Crippen LogP contribution in [0.2, 0.25) is 0 Å². The summed E-state index contributed by atoms with van der Waals surface area (Å²) >= 11 is 0. The third kappa shape index (κ3) is 8.45. The van der Waals surface area contributed by atoms with E-state index in [-0.39, 0.29) is 0 Å². The van der Waals surface area contributed by atoms with E-state index in [9.17, 15) is 29.4 Å². The van der Waals surface area contributed by atoms with Gasteiger partial charge in [0.1, 0.15) is 11.5 Å². The summed E-state index contributed by atoms with van der Waals surface area (Å²) in [5.74, 6) is -5.94. The molecule has 0 amide bonds. The minimum absolute atomic E-state index is 0.388. The van der Waals surface area contributed by atoms with Crippen LogP contribution in [0, 0.1) is 0 Å².